The van der Waals surface area contributed by atoms with Crippen molar-refractivity contribution in [1.82, 2.24) is 0 Å². The van der Waals surface area contributed by atoms with Crippen LogP contribution in [0.15, 0.2) is 46.9 Å². The van der Waals surface area contributed by atoms with Crippen LogP contribution in [0.2, 0.25) is 5.02 Å². The Bertz CT molecular complexity index is 810. The predicted octanol–water partition coefficient (Wildman–Crippen LogP) is 4.10. The van der Waals surface area contributed by atoms with Crippen LogP contribution in [0.3, 0.4) is 0 Å². The van der Waals surface area contributed by atoms with Crippen LogP contribution >= 0.6 is 27.5 Å². The lowest BCUT2D eigenvalue weighted by molar-refractivity contribution is -0.122. The maximum absolute atomic E-state index is 12.5. The van der Waals surface area contributed by atoms with Crippen molar-refractivity contribution >= 4 is 50.7 Å². The van der Waals surface area contributed by atoms with Gasteiger partial charge >= 0.3 is 0 Å². The lowest BCUT2D eigenvalue weighted by atomic mass is 10.1. The van der Waals surface area contributed by atoms with E-state index in [1.165, 1.54) is 0 Å². The quantitative estimate of drug-likeness (QED) is 0.805. The van der Waals surface area contributed by atoms with Gasteiger partial charge in [-0.25, -0.2) is 0 Å². The Labute approximate surface area is 159 Å². The van der Waals surface area contributed by atoms with Crippen molar-refractivity contribution in [3.8, 4) is 5.75 Å². The fourth-order valence-electron chi connectivity index (χ4n) is 2.71. The van der Waals surface area contributed by atoms with Crippen molar-refractivity contribution in [3.05, 3.63) is 52.0 Å². The minimum atomic E-state index is -0.406. The van der Waals surface area contributed by atoms with E-state index in [2.05, 4.69) is 21.2 Å². The summed E-state index contributed by atoms with van der Waals surface area (Å²) >= 11 is 9.35. The summed E-state index contributed by atoms with van der Waals surface area (Å²) in [6.07, 6.45) is 0.183. The zero-order valence-corrected chi connectivity index (χ0v) is 15.8. The summed E-state index contributed by atoms with van der Waals surface area (Å²) in [6.45, 7) is 0.348. The van der Waals surface area contributed by atoms with Gasteiger partial charge in [-0.2, -0.15) is 0 Å². The molecule has 0 bridgehead atoms. The van der Waals surface area contributed by atoms with E-state index in [4.69, 9.17) is 16.3 Å². The number of anilines is 2. The molecule has 3 rings (SSSR count). The molecule has 2 amide bonds. The molecule has 5 nitrogen and oxygen atoms in total. The van der Waals surface area contributed by atoms with Gasteiger partial charge in [0.1, 0.15) is 5.75 Å². The largest absolute Gasteiger partial charge is 0.497 e. The van der Waals surface area contributed by atoms with E-state index in [0.717, 1.165) is 15.9 Å². The second kappa shape index (κ2) is 7.45. The summed E-state index contributed by atoms with van der Waals surface area (Å²) in [4.78, 5) is 26.4. The highest BCUT2D eigenvalue weighted by Crippen LogP contribution is 2.29. The number of amides is 2. The molecule has 25 heavy (non-hydrogen) atoms. The second-order valence-electron chi connectivity index (χ2n) is 5.72. The number of nitrogens with zero attached hydrogens (tertiary/aromatic N) is 1. The monoisotopic (exact) mass is 422 g/mol. The molecule has 0 spiro atoms. The number of hydrogen-bond donors (Lipinski definition) is 1. The molecule has 0 radical (unpaired) electrons. The van der Waals surface area contributed by atoms with Crippen molar-refractivity contribution in [2.24, 2.45) is 5.92 Å². The van der Waals surface area contributed by atoms with Crippen LogP contribution in [0, 0.1) is 5.92 Å². The van der Waals surface area contributed by atoms with E-state index in [9.17, 15) is 9.59 Å². The van der Waals surface area contributed by atoms with Crippen molar-refractivity contribution in [3.63, 3.8) is 0 Å². The highest BCUT2D eigenvalue weighted by atomic mass is 79.9. The molecule has 0 aromatic heterocycles. The lowest BCUT2D eigenvalue weighted by Crippen LogP contribution is -2.28. The minimum absolute atomic E-state index is 0.0702. The summed E-state index contributed by atoms with van der Waals surface area (Å²) in [5.74, 6) is 0.0516. The van der Waals surface area contributed by atoms with E-state index < -0.39 is 5.92 Å². The van der Waals surface area contributed by atoms with Crippen LogP contribution in [0.5, 0.6) is 5.75 Å². The Morgan fingerprint density at radius 2 is 2.00 bits per heavy atom. The van der Waals surface area contributed by atoms with Gasteiger partial charge in [0, 0.05) is 28.8 Å². The van der Waals surface area contributed by atoms with E-state index in [-0.39, 0.29) is 18.2 Å². The third-order valence-corrected chi connectivity index (χ3v) is 5.30. The molecule has 1 aliphatic heterocycles. The van der Waals surface area contributed by atoms with Gasteiger partial charge in [0.25, 0.3) is 0 Å². The Hall–Kier alpha value is -2.05. The molecule has 1 atom stereocenters. The molecule has 2 aromatic rings. The van der Waals surface area contributed by atoms with Crippen LogP contribution < -0.4 is 15.0 Å². The molecule has 1 saturated heterocycles. The molecule has 0 aliphatic carbocycles. The van der Waals surface area contributed by atoms with Crippen LogP contribution in [0.25, 0.3) is 0 Å². The Morgan fingerprint density at radius 1 is 1.28 bits per heavy atom. The smallest absolute Gasteiger partial charge is 0.229 e. The third-order valence-electron chi connectivity index (χ3n) is 4.07. The number of halogens is 2. The van der Waals surface area contributed by atoms with Crippen LogP contribution in [-0.4, -0.2) is 25.5 Å². The highest BCUT2D eigenvalue weighted by molar-refractivity contribution is 9.10. The molecule has 0 unspecified atom stereocenters. The fraction of sp³-hybridized carbons (Fsp3) is 0.222. The van der Waals surface area contributed by atoms with E-state index in [1.807, 2.05) is 12.1 Å². The van der Waals surface area contributed by atoms with Gasteiger partial charge in [-0.05, 0) is 58.4 Å². The van der Waals surface area contributed by atoms with Gasteiger partial charge in [-0.1, -0.05) is 11.6 Å². The van der Waals surface area contributed by atoms with Crippen LogP contribution in [0.1, 0.15) is 6.42 Å². The molecule has 1 heterocycles. The second-order valence-corrected chi connectivity index (χ2v) is 6.98. The van der Waals surface area contributed by atoms with Crippen LogP contribution in [-0.2, 0) is 9.59 Å². The first-order valence-electron chi connectivity index (χ1n) is 7.68. The normalized spacial score (nSPS) is 16.8. The summed E-state index contributed by atoms with van der Waals surface area (Å²) < 4.78 is 5.88. The summed E-state index contributed by atoms with van der Waals surface area (Å²) in [7, 11) is 1.59. The van der Waals surface area contributed by atoms with Crippen LogP contribution in [0.4, 0.5) is 11.4 Å². The van der Waals surface area contributed by atoms with Gasteiger partial charge in [-0.3, -0.25) is 9.59 Å². The fourth-order valence-corrected chi connectivity index (χ4v) is 3.14. The molecule has 1 N–H and O–H groups in total. The standard InChI is InChI=1S/C18H16BrClN2O3/c1-25-14-5-3-13(4-6-14)22-10-11(8-17(22)23)18(24)21-12-2-7-15(19)16(20)9-12/h2-7,9,11H,8,10H2,1H3,(H,21,24)/t11-/m0/s1. The highest BCUT2D eigenvalue weighted by Gasteiger charge is 2.35. The van der Waals surface area contributed by atoms with Crippen molar-refractivity contribution in [2.45, 2.75) is 6.42 Å². The third kappa shape index (κ3) is 3.96. The number of methoxy groups -OCH3 is 1. The Kier molecular flexibility index (Phi) is 5.30. The number of ether oxygens (including phenoxy) is 1. The molecule has 2 aromatic carbocycles. The zero-order chi connectivity index (χ0) is 18.0. The van der Waals surface area contributed by atoms with Crippen molar-refractivity contribution in [1.29, 1.82) is 0 Å². The van der Waals surface area contributed by atoms with Gasteiger partial charge in [0.15, 0.2) is 0 Å². The van der Waals surface area contributed by atoms with E-state index in [1.54, 1.807) is 42.3 Å². The first-order chi connectivity index (χ1) is 12.0. The number of nitrogens with one attached hydrogen (secondary N) is 1. The van der Waals surface area contributed by atoms with Crippen molar-refractivity contribution in [2.75, 3.05) is 23.9 Å². The van der Waals surface area contributed by atoms with Gasteiger partial charge < -0.3 is 15.0 Å². The Balaban J connectivity index is 1.68. The number of carbonyl (C=O) groups excluding carboxylic acids is 2. The average Bonchev–Trinajstić information content (AvgIpc) is 3.00. The molecule has 1 fully saturated rings. The molecule has 130 valence electrons. The van der Waals surface area contributed by atoms with Gasteiger partial charge in [-0.15, -0.1) is 0 Å². The SMILES string of the molecule is COc1ccc(N2C[C@@H](C(=O)Nc3ccc(Br)c(Cl)c3)CC2=O)cc1. The molecule has 1 aliphatic rings. The number of benzene rings is 2. The van der Waals surface area contributed by atoms with Gasteiger partial charge in [0.05, 0.1) is 18.1 Å². The minimum Gasteiger partial charge on any atom is -0.497 e. The maximum Gasteiger partial charge on any atom is 0.229 e. The maximum atomic E-state index is 12.5. The first-order valence-corrected chi connectivity index (χ1v) is 8.85. The molecule has 0 saturated carbocycles. The molecular formula is C18H16BrClN2O3. The van der Waals surface area contributed by atoms with Crippen molar-refractivity contribution < 1.29 is 14.3 Å². The predicted molar refractivity (Wildman–Crippen MR) is 101 cm³/mol. The summed E-state index contributed by atoms with van der Waals surface area (Å²) in [6, 6.07) is 12.4. The first kappa shape index (κ1) is 17.8. The lowest BCUT2D eigenvalue weighted by Gasteiger charge is -2.17. The summed E-state index contributed by atoms with van der Waals surface area (Å²) in [5, 5.41) is 3.33. The summed E-state index contributed by atoms with van der Waals surface area (Å²) in [5.41, 5.74) is 1.36. The topological polar surface area (TPSA) is 58.6 Å². The number of hydrogen-bond acceptors (Lipinski definition) is 3. The number of carbonyl (C=O) groups is 2. The van der Waals surface area contributed by atoms with Gasteiger partial charge in [0.2, 0.25) is 11.8 Å². The van der Waals surface area contributed by atoms with E-state index in [0.29, 0.717) is 17.3 Å². The Morgan fingerprint density at radius 3 is 2.64 bits per heavy atom. The molecular weight excluding hydrogens is 408 g/mol. The van der Waals surface area contributed by atoms with E-state index >= 15 is 0 Å². The number of rotatable bonds is 4. The molecule has 7 heteroatoms. The zero-order valence-electron chi connectivity index (χ0n) is 13.5. The average molecular weight is 424 g/mol.